The molecule has 0 aliphatic carbocycles. The minimum Gasteiger partial charge on any atom is -0.367 e. The highest BCUT2D eigenvalue weighted by atomic mass is 19.2. The molecule has 1 fully saturated rings. The molecule has 1 N–H and O–H groups in total. The first kappa shape index (κ1) is 11.3. The molecule has 0 spiro atoms. The molecule has 1 aliphatic rings. The Kier molecular flexibility index (Phi) is 3.05. The molecule has 0 radical (unpaired) electrons. The van der Waals surface area contributed by atoms with Gasteiger partial charge in [0.15, 0.2) is 17.5 Å². The van der Waals surface area contributed by atoms with E-state index >= 15 is 0 Å². The number of anilines is 1. The zero-order valence-corrected chi connectivity index (χ0v) is 8.99. The van der Waals surface area contributed by atoms with Gasteiger partial charge in [0.1, 0.15) is 0 Å². The van der Waals surface area contributed by atoms with Gasteiger partial charge in [-0.2, -0.15) is 0 Å². The minimum atomic E-state index is -1.10. The van der Waals surface area contributed by atoms with Crippen LogP contribution in [0.3, 0.4) is 0 Å². The van der Waals surface area contributed by atoms with Gasteiger partial charge in [-0.15, -0.1) is 0 Å². The van der Waals surface area contributed by atoms with Crippen LogP contribution < -0.4 is 10.2 Å². The Morgan fingerprint density at radius 2 is 1.75 bits per heavy atom. The average molecular weight is 230 g/mol. The van der Waals surface area contributed by atoms with Crippen LogP contribution in [0, 0.1) is 24.4 Å². The molecule has 0 aromatic heterocycles. The number of piperazine rings is 1. The van der Waals surface area contributed by atoms with Gasteiger partial charge in [0.25, 0.3) is 0 Å². The molecule has 0 amide bonds. The summed E-state index contributed by atoms with van der Waals surface area (Å²) in [5.74, 6) is -2.76. The van der Waals surface area contributed by atoms with Gasteiger partial charge in [0.2, 0.25) is 0 Å². The summed E-state index contributed by atoms with van der Waals surface area (Å²) in [6, 6.07) is 0.934. The Bertz CT molecular complexity index is 401. The van der Waals surface area contributed by atoms with Gasteiger partial charge < -0.3 is 10.2 Å². The number of hydrogen-bond acceptors (Lipinski definition) is 2. The molecule has 1 aromatic carbocycles. The molecular formula is C11H13F3N2. The smallest absolute Gasteiger partial charge is 0.164 e. The van der Waals surface area contributed by atoms with Crippen LogP contribution >= 0.6 is 0 Å². The molecule has 88 valence electrons. The van der Waals surface area contributed by atoms with E-state index in [-0.39, 0.29) is 11.3 Å². The molecule has 0 unspecified atom stereocenters. The third-order valence-electron chi connectivity index (χ3n) is 2.81. The summed E-state index contributed by atoms with van der Waals surface area (Å²) in [6.45, 7) is 3.89. The number of benzene rings is 1. The Morgan fingerprint density at radius 1 is 1.12 bits per heavy atom. The fourth-order valence-electron chi connectivity index (χ4n) is 1.85. The van der Waals surface area contributed by atoms with E-state index in [4.69, 9.17) is 0 Å². The molecule has 5 heteroatoms. The van der Waals surface area contributed by atoms with Crippen LogP contribution in [0.2, 0.25) is 0 Å². The van der Waals surface area contributed by atoms with Crippen molar-refractivity contribution >= 4 is 5.69 Å². The lowest BCUT2D eigenvalue weighted by atomic mass is 10.1. The molecule has 2 nitrogen and oxygen atoms in total. The molecular weight excluding hydrogens is 217 g/mol. The summed E-state index contributed by atoms with van der Waals surface area (Å²) in [5, 5.41) is 3.11. The molecule has 1 heterocycles. The molecule has 0 saturated carbocycles. The minimum absolute atomic E-state index is 0.151. The van der Waals surface area contributed by atoms with Crippen LogP contribution in [-0.2, 0) is 0 Å². The van der Waals surface area contributed by atoms with Gasteiger partial charge in [-0.3, -0.25) is 0 Å². The Labute approximate surface area is 92.1 Å². The van der Waals surface area contributed by atoms with Gasteiger partial charge in [-0.1, -0.05) is 0 Å². The Balaban J connectivity index is 2.40. The molecule has 1 aliphatic heterocycles. The quantitative estimate of drug-likeness (QED) is 0.740. The summed E-state index contributed by atoms with van der Waals surface area (Å²) >= 11 is 0. The third-order valence-corrected chi connectivity index (χ3v) is 2.81. The monoisotopic (exact) mass is 230 g/mol. The van der Waals surface area contributed by atoms with E-state index < -0.39 is 17.5 Å². The van der Waals surface area contributed by atoms with E-state index in [9.17, 15) is 13.2 Å². The summed E-state index contributed by atoms with van der Waals surface area (Å²) < 4.78 is 40.0. The van der Waals surface area contributed by atoms with Gasteiger partial charge >= 0.3 is 0 Å². The standard InChI is InChI=1S/C11H13F3N2/c1-7-10(13)8(12)6-9(11(7)14)16-4-2-15-3-5-16/h6,15H,2-5H2,1H3. The number of nitrogens with one attached hydrogen (secondary N) is 1. The summed E-state index contributed by atoms with van der Waals surface area (Å²) in [4.78, 5) is 1.72. The molecule has 1 aromatic rings. The van der Waals surface area contributed by atoms with E-state index in [2.05, 4.69) is 5.32 Å². The lowest BCUT2D eigenvalue weighted by molar-refractivity contribution is 0.482. The highest BCUT2D eigenvalue weighted by Gasteiger charge is 2.20. The Morgan fingerprint density at radius 3 is 2.38 bits per heavy atom. The van der Waals surface area contributed by atoms with Crippen molar-refractivity contribution in [1.82, 2.24) is 5.32 Å². The van der Waals surface area contributed by atoms with E-state index in [1.54, 1.807) is 4.90 Å². The van der Waals surface area contributed by atoms with Crippen molar-refractivity contribution in [2.24, 2.45) is 0 Å². The van der Waals surface area contributed by atoms with Crippen LogP contribution in [0.15, 0.2) is 6.07 Å². The first-order chi connectivity index (χ1) is 7.61. The fraction of sp³-hybridized carbons (Fsp3) is 0.455. The number of hydrogen-bond donors (Lipinski definition) is 1. The molecule has 0 atom stereocenters. The van der Waals surface area contributed by atoms with Crippen molar-refractivity contribution in [1.29, 1.82) is 0 Å². The third kappa shape index (κ3) is 1.87. The van der Waals surface area contributed by atoms with Crippen molar-refractivity contribution in [2.75, 3.05) is 31.1 Å². The van der Waals surface area contributed by atoms with Gasteiger partial charge in [0.05, 0.1) is 5.69 Å². The lowest BCUT2D eigenvalue weighted by Gasteiger charge is -2.30. The second-order valence-electron chi connectivity index (χ2n) is 3.87. The number of rotatable bonds is 1. The molecule has 16 heavy (non-hydrogen) atoms. The van der Waals surface area contributed by atoms with Crippen molar-refractivity contribution in [3.05, 3.63) is 29.1 Å². The summed E-state index contributed by atoms with van der Waals surface area (Å²) in [6.07, 6.45) is 0. The maximum absolute atomic E-state index is 13.8. The van der Waals surface area contributed by atoms with Crippen LogP contribution in [-0.4, -0.2) is 26.2 Å². The largest absolute Gasteiger partial charge is 0.367 e. The predicted molar refractivity (Wildman–Crippen MR) is 56.1 cm³/mol. The van der Waals surface area contributed by atoms with E-state index in [0.717, 1.165) is 19.2 Å². The van der Waals surface area contributed by atoms with Crippen LogP contribution in [0.1, 0.15) is 5.56 Å². The van der Waals surface area contributed by atoms with Gasteiger partial charge in [0, 0.05) is 37.8 Å². The zero-order valence-electron chi connectivity index (χ0n) is 8.99. The SMILES string of the molecule is Cc1c(F)c(F)cc(N2CCNCC2)c1F. The zero-order chi connectivity index (χ0) is 11.7. The molecule has 1 saturated heterocycles. The fourth-order valence-corrected chi connectivity index (χ4v) is 1.85. The van der Waals surface area contributed by atoms with Crippen molar-refractivity contribution in [3.63, 3.8) is 0 Å². The second-order valence-corrected chi connectivity index (χ2v) is 3.87. The maximum atomic E-state index is 13.8. The number of nitrogens with zero attached hydrogens (tertiary/aromatic N) is 1. The first-order valence-electron chi connectivity index (χ1n) is 5.21. The first-order valence-corrected chi connectivity index (χ1v) is 5.21. The number of halogens is 3. The van der Waals surface area contributed by atoms with Crippen molar-refractivity contribution in [3.8, 4) is 0 Å². The summed E-state index contributed by atoms with van der Waals surface area (Å²) in [5.41, 5.74) is -0.105. The van der Waals surface area contributed by atoms with Gasteiger partial charge in [-0.05, 0) is 6.92 Å². The van der Waals surface area contributed by atoms with Crippen LogP contribution in [0.4, 0.5) is 18.9 Å². The van der Waals surface area contributed by atoms with Crippen molar-refractivity contribution < 1.29 is 13.2 Å². The summed E-state index contributed by atoms with van der Waals surface area (Å²) in [7, 11) is 0. The highest BCUT2D eigenvalue weighted by molar-refractivity contribution is 5.51. The van der Waals surface area contributed by atoms with Crippen LogP contribution in [0.5, 0.6) is 0 Å². The lowest BCUT2D eigenvalue weighted by Crippen LogP contribution is -2.44. The van der Waals surface area contributed by atoms with E-state index in [1.165, 1.54) is 6.92 Å². The van der Waals surface area contributed by atoms with Gasteiger partial charge in [-0.25, -0.2) is 13.2 Å². The van der Waals surface area contributed by atoms with Crippen LogP contribution in [0.25, 0.3) is 0 Å². The Hall–Kier alpha value is -1.23. The molecule has 0 bridgehead atoms. The van der Waals surface area contributed by atoms with E-state index in [0.29, 0.717) is 13.1 Å². The van der Waals surface area contributed by atoms with E-state index in [1.807, 2.05) is 0 Å². The topological polar surface area (TPSA) is 15.3 Å². The average Bonchev–Trinajstić information content (AvgIpc) is 2.32. The predicted octanol–water partition coefficient (Wildman–Crippen LogP) is 1.82. The normalized spacial score (nSPS) is 16.6. The van der Waals surface area contributed by atoms with Crippen molar-refractivity contribution in [2.45, 2.75) is 6.92 Å². The maximum Gasteiger partial charge on any atom is 0.164 e. The second kappa shape index (κ2) is 4.33. The highest BCUT2D eigenvalue weighted by Crippen LogP contribution is 2.26. The molecule has 2 rings (SSSR count).